The van der Waals surface area contributed by atoms with Crippen molar-refractivity contribution in [2.75, 3.05) is 46.3 Å². The van der Waals surface area contributed by atoms with Gasteiger partial charge >= 0.3 is 0 Å². The van der Waals surface area contributed by atoms with Gasteiger partial charge in [0.15, 0.2) is 0 Å². The predicted molar refractivity (Wildman–Crippen MR) is 83.1 cm³/mol. The summed E-state index contributed by atoms with van der Waals surface area (Å²) >= 11 is 0. The minimum atomic E-state index is 0.330. The Kier molecular flexibility index (Phi) is 5.83. The third-order valence-electron chi connectivity index (χ3n) is 4.09. The number of phenols is 1. The highest BCUT2D eigenvalue weighted by atomic mass is 16.3. The van der Waals surface area contributed by atoms with Crippen LogP contribution in [0.15, 0.2) is 24.3 Å². The molecule has 4 heteroatoms. The highest BCUT2D eigenvalue weighted by molar-refractivity contribution is 5.27. The summed E-state index contributed by atoms with van der Waals surface area (Å²) in [6, 6.07) is 7.79. The molecule has 1 aromatic carbocycles. The summed E-state index contributed by atoms with van der Waals surface area (Å²) in [5, 5.41) is 12.8. The van der Waals surface area contributed by atoms with Gasteiger partial charge in [-0.15, -0.1) is 0 Å². The smallest absolute Gasteiger partial charge is 0.115 e. The molecule has 112 valence electrons. The number of piperazine rings is 1. The van der Waals surface area contributed by atoms with Gasteiger partial charge in [0, 0.05) is 32.2 Å². The number of nitrogens with zero attached hydrogens (tertiary/aromatic N) is 2. The van der Waals surface area contributed by atoms with Crippen molar-refractivity contribution >= 4 is 0 Å². The van der Waals surface area contributed by atoms with Crippen LogP contribution in [0.4, 0.5) is 0 Å². The van der Waals surface area contributed by atoms with Gasteiger partial charge < -0.3 is 20.2 Å². The van der Waals surface area contributed by atoms with Crippen LogP contribution in [0.5, 0.6) is 5.75 Å². The molecule has 0 radical (unpaired) electrons. The Bertz CT molecular complexity index is 385. The highest BCUT2D eigenvalue weighted by Crippen LogP contribution is 2.16. The molecule has 0 saturated carbocycles. The molecule has 1 saturated heterocycles. The fraction of sp³-hybridized carbons (Fsp3) is 0.625. The van der Waals surface area contributed by atoms with Crippen molar-refractivity contribution in [3.8, 4) is 5.75 Å². The Balaban J connectivity index is 1.62. The summed E-state index contributed by atoms with van der Waals surface area (Å²) in [5.74, 6) is 0.330. The largest absolute Gasteiger partial charge is 0.508 e. The van der Waals surface area contributed by atoms with Crippen molar-refractivity contribution in [3.63, 3.8) is 0 Å². The second kappa shape index (κ2) is 7.62. The van der Waals surface area contributed by atoms with Crippen LogP contribution in [-0.2, 0) is 0 Å². The van der Waals surface area contributed by atoms with Gasteiger partial charge in [0.1, 0.15) is 5.75 Å². The Morgan fingerprint density at radius 2 is 1.80 bits per heavy atom. The van der Waals surface area contributed by atoms with Gasteiger partial charge in [-0.05, 0) is 51.2 Å². The number of likely N-dealkylation sites (N-methyl/N-ethyl adjacent to an activating group) is 1. The summed E-state index contributed by atoms with van der Waals surface area (Å²) < 4.78 is 0. The maximum Gasteiger partial charge on any atom is 0.115 e. The Hall–Kier alpha value is -1.10. The second-order valence-corrected chi connectivity index (χ2v) is 5.77. The molecule has 0 aromatic heterocycles. The lowest BCUT2D eigenvalue weighted by Gasteiger charge is -2.32. The first-order chi connectivity index (χ1) is 9.65. The van der Waals surface area contributed by atoms with E-state index in [2.05, 4.69) is 29.1 Å². The van der Waals surface area contributed by atoms with Crippen LogP contribution in [-0.4, -0.2) is 61.2 Å². The average Bonchev–Trinajstić information content (AvgIpc) is 2.46. The lowest BCUT2D eigenvalue weighted by atomic mass is 10.1. The Labute approximate surface area is 122 Å². The fourth-order valence-electron chi connectivity index (χ4n) is 2.57. The molecule has 1 atom stereocenters. The van der Waals surface area contributed by atoms with Crippen LogP contribution in [0.3, 0.4) is 0 Å². The third kappa shape index (κ3) is 4.78. The lowest BCUT2D eigenvalue weighted by molar-refractivity contribution is 0.152. The van der Waals surface area contributed by atoms with E-state index in [1.54, 1.807) is 12.1 Å². The maximum absolute atomic E-state index is 9.29. The fourth-order valence-corrected chi connectivity index (χ4v) is 2.57. The number of hydrogen-bond donors (Lipinski definition) is 2. The SMILES string of the molecule is CC(NCCCN1CCN(C)CC1)c1ccc(O)cc1. The van der Waals surface area contributed by atoms with Gasteiger partial charge in [-0.25, -0.2) is 0 Å². The molecule has 0 amide bonds. The van der Waals surface area contributed by atoms with E-state index < -0.39 is 0 Å². The Morgan fingerprint density at radius 1 is 1.15 bits per heavy atom. The number of aromatic hydroxyl groups is 1. The molecule has 1 unspecified atom stereocenters. The van der Waals surface area contributed by atoms with Crippen molar-refractivity contribution in [3.05, 3.63) is 29.8 Å². The number of phenolic OH excluding ortho intramolecular Hbond substituents is 1. The summed E-state index contributed by atoms with van der Waals surface area (Å²) in [4.78, 5) is 4.94. The number of nitrogens with one attached hydrogen (secondary N) is 1. The Morgan fingerprint density at radius 3 is 2.45 bits per heavy atom. The highest BCUT2D eigenvalue weighted by Gasteiger charge is 2.13. The first-order valence-corrected chi connectivity index (χ1v) is 7.58. The maximum atomic E-state index is 9.29. The predicted octanol–water partition coefficient (Wildman–Crippen LogP) is 1.68. The van der Waals surface area contributed by atoms with Crippen molar-refractivity contribution < 1.29 is 5.11 Å². The molecule has 1 heterocycles. The minimum absolute atomic E-state index is 0.330. The van der Waals surface area contributed by atoms with Gasteiger partial charge in [0.2, 0.25) is 0 Å². The summed E-state index contributed by atoms with van der Waals surface area (Å²) in [6.45, 7) is 9.17. The molecule has 1 aliphatic heterocycles. The average molecular weight is 277 g/mol. The van der Waals surface area contributed by atoms with E-state index >= 15 is 0 Å². The van der Waals surface area contributed by atoms with Crippen LogP contribution < -0.4 is 5.32 Å². The molecule has 4 nitrogen and oxygen atoms in total. The van der Waals surface area contributed by atoms with Gasteiger partial charge in [-0.3, -0.25) is 0 Å². The van der Waals surface area contributed by atoms with Crippen LogP contribution in [0, 0.1) is 0 Å². The van der Waals surface area contributed by atoms with E-state index in [1.165, 1.54) is 44.7 Å². The van der Waals surface area contributed by atoms with Crippen LogP contribution in [0.25, 0.3) is 0 Å². The summed E-state index contributed by atoms with van der Waals surface area (Å²) in [6.07, 6.45) is 1.19. The molecule has 2 rings (SSSR count). The van der Waals surface area contributed by atoms with Crippen LogP contribution in [0.1, 0.15) is 24.9 Å². The van der Waals surface area contributed by atoms with Crippen LogP contribution >= 0.6 is 0 Å². The zero-order chi connectivity index (χ0) is 14.4. The molecular weight excluding hydrogens is 250 g/mol. The molecule has 0 aliphatic carbocycles. The molecule has 0 bridgehead atoms. The number of hydrogen-bond acceptors (Lipinski definition) is 4. The molecule has 0 spiro atoms. The third-order valence-corrected chi connectivity index (χ3v) is 4.09. The molecule has 1 aromatic rings. The second-order valence-electron chi connectivity index (χ2n) is 5.77. The van der Waals surface area contributed by atoms with Crippen molar-refractivity contribution in [1.29, 1.82) is 0 Å². The topological polar surface area (TPSA) is 38.7 Å². The van der Waals surface area contributed by atoms with Gasteiger partial charge in [0.05, 0.1) is 0 Å². The monoisotopic (exact) mass is 277 g/mol. The molecule has 1 fully saturated rings. The normalized spacial score (nSPS) is 19.1. The first-order valence-electron chi connectivity index (χ1n) is 7.58. The molecule has 20 heavy (non-hydrogen) atoms. The van der Waals surface area contributed by atoms with Gasteiger partial charge in [-0.2, -0.15) is 0 Å². The quantitative estimate of drug-likeness (QED) is 0.776. The van der Waals surface area contributed by atoms with Gasteiger partial charge in [-0.1, -0.05) is 12.1 Å². The van der Waals surface area contributed by atoms with E-state index in [9.17, 15) is 5.11 Å². The van der Waals surface area contributed by atoms with E-state index in [-0.39, 0.29) is 0 Å². The molecule has 2 N–H and O–H groups in total. The van der Waals surface area contributed by atoms with E-state index in [0.29, 0.717) is 11.8 Å². The molecule has 1 aliphatic rings. The number of benzene rings is 1. The van der Waals surface area contributed by atoms with Gasteiger partial charge in [0.25, 0.3) is 0 Å². The van der Waals surface area contributed by atoms with E-state index in [4.69, 9.17) is 0 Å². The summed E-state index contributed by atoms with van der Waals surface area (Å²) in [7, 11) is 2.19. The summed E-state index contributed by atoms with van der Waals surface area (Å²) in [5.41, 5.74) is 1.22. The van der Waals surface area contributed by atoms with Crippen molar-refractivity contribution in [1.82, 2.24) is 15.1 Å². The zero-order valence-electron chi connectivity index (χ0n) is 12.7. The van der Waals surface area contributed by atoms with Crippen molar-refractivity contribution in [2.45, 2.75) is 19.4 Å². The van der Waals surface area contributed by atoms with E-state index in [1.807, 2.05) is 12.1 Å². The molecular formula is C16H27N3O. The van der Waals surface area contributed by atoms with Crippen LogP contribution in [0.2, 0.25) is 0 Å². The standard InChI is InChI=1S/C16H27N3O/c1-14(15-4-6-16(20)7-5-15)17-8-3-9-19-12-10-18(2)11-13-19/h4-7,14,17,20H,3,8-13H2,1-2H3. The lowest BCUT2D eigenvalue weighted by Crippen LogP contribution is -2.45. The first kappa shape index (κ1) is 15.3. The minimum Gasteiger partial charge on any atom is -0.508 e. The van der Waals surface area contributed by atoms with E-state index in [0.717, 1.165) is 6.54 Å². The zero-order valence-corrected chi connectivity index (χ0v) is 12.7. The van der Waals surface area contributed by atoms with Crippen molar-refractivity contribution in [2.24, 2.45) is 0 Å². The number of rotatable bonds is 6.